The van der Waals surface area contributed by atoms with Crippen molar-refractivity contribution in [2.75, 3.05) is 34.8 Å². The Hall–Kier alpha value is -3.98. The molecule has 1 atom stereocenters. The van der Waals surface area contributed by atoms with E-state index in [1.165, 1.54) is 31.4 Å². The first-order chi connectivity index (χ1) is 18.7. The van der Waals surface area contributed by atoms with E-state index in [9.17, 15) is 31.5 Å². The summed E-state index contributed by atoms with van der Waals surface area (Å²) < 4.78 is 66.1. The average Bonchev–Trinajstić information content (AvgIpc) is 2.89. The molecule has 2 aromatic heterocycles. The molecule has 0 aliphatic rings. The molecule has 0 aliphatic heterocycles. The predicted molar refractivity (Wildman–Crippen MR) is 145 cm³/mol. The molecule has 0 spiro atoms. The zero-order valence-corrected chi connectivity index (χ0v) is 23.0. The molecule has 2 heterocycles. The van der Waals surface area contributed by atoms with Gasteiger partial charge in [0.15, 0.2) is 0 Å². The Balaban J connectivity index is 1.86. The maximum Gasteiger partial charge on any atom is 0.421 e. The molecule has 1 aromatic carbocycles. The van der Waals surface area contributed by atoms with E-state index in [1.807, 2.05) is 13.8 Å². The number of carbonyl (C=O) groups excluding carboxylic acids is 1. The number of aliphatic hydroxyl groups is 1. The number of nitrogens with zero attached hydrogens (tertiary/aromatic N) is 4. The zero-order chi connectivity index (χ0) is 29.7. The van der Waals surface area contributed by atoms with Crippen molar-refractivity contribution in [3.8, 4) is 0 Å². The maximum absolute atomic E-state index is 13.7. The third-order valence-electron chi connectivity index (χ3n) is 5.90. The van der Waals surface area contributed by atoms with Crippen molar-refractivity contribution in [2.24, 2.45) is 5.92 Å². The van der Waals surface area contributed by atoms with E-state index in [0.29, 0.717) is 17.4 Å². The topological polar surface area (TPSA) is 149 Å². The maximum atomic E-state index is 13.7. The Bertz CT molecular complexity index is 1450. The van der Waals surface area contributed by atoms with Crippen LogP contribution in [0.25, 0.3) is 0 Å². The van der Waals surface area contributed by atoms with E-state index < -0.39 is 39.5 Å². The number of sulfonamides is 1. The lowest BCUT2D eigenvalue weighted by Crippen LogP contribution is -2.41. The summed E-state index contributed by atoms with van der Waals surface area (Å²) in [5.41, 5.74) is -0.212. The number of hydrogen-bond donors (Lipinski definition) is 4. The lowest BCUT2D eigenvalue weighted by molar-refractivity contribution is -0.137. The van der Waals surface area contributed by atoms with Crippen LogP contribution in [0.3, 0.4) is 0 Å². The summed E-state index contributed by atoms with van der Waals surface area (Å²) in [4.78, 5) is 24.4. The van der Waals surface area contributed by atoms with Crippen LogP contribution in [0.2, 0.25) is 0 Å². The van der Waals surface area contributed by atoms with Crippen molar-refractivity contribution < 1.29 is 31.5 Å². The number of alkyl halides is 3. The van der Waals surface area contributed by atoms with Gasteiger partial charge in [-0.05, 0) is 30.2 Å². The van der Waals surface area contributed by atoms with Crippen LogP contribution in [0.15, 0.2) is 48.8 Å². The first-order valence-corrected chi connectivity index (χ1v) is 13.9. The number of hydrogen-bond acceptors (Lipinski definition) is 9. The van der Waals surface area contributed by atoms with Gasteiger partial charge in [0.05, 0.1) is 18.9 Å². The quantitative estimate of drug-likeness (QED) is 0.267. The van der Waals surface area contributed by atoms with Crippen LogP contribution in [0, 0.1) is 5.92 Å². The fourth-order valence-corrected chi connectivity index (χ4v) is 3.99. The van der Waals surface area contributed by atoms with Gasteiger partial charge < -0.3 is 21.1 Å². The summed E-state index contributed by atoms with van der Waals surface area (Å²) in [7, 11) is -2.38. The SMILES string of the molecule is CC(C)C(CO)NC(=O)c1cccc(Nc2ncc(C(F)(F)F)c(NCc3cccnc3N(C)S(C)(=O)=O)n2)c1. The molecule has 40 heavy (non-hydrogen) atoms. The average molecular weight is 582 g/mol. The second-order valence-electron chi connectivity index (χ2n) is 9.24. The van der Waals surface area contributed by atoms with E-state index in [0.717, 1.165) is 10.6 Å². The largest absolute Gasteiger partial charge is 0.421 e. The van der Waals surface area contributed by atoms with E-state index in [1.54, 1.807) is 18.2 Å². The van der Waals surface area contributed by atoms with Gasteiger partial charge in [-0.25, -0.2) is 18.4 Å². The minimum atomic E-state index is -4.78. The Labute approximate surface area is 229 Å². The Morgan fingerprint density at radius 2 is 1.88 bits per heavy atom. The van der Waals surface area contributed by atoms with E-state index in [-0.39, 0.29) is 36.4 Å². The van der Waals surface area contributed by atoms with Crippen LogP contribution in [-0.2, 0) is 22.7 Å². The second-order valence-corrected chi connectivity index (χ2v) is 11.2. The molecular weight excluding hydrogens is 551 g/mol. The van der Waals surface area contributed by atoms with Crippen LogP contribution in [-0.4, -0.2) is 60.3 Å². The molecule has 4 N–H and O–H groups in total. The highest BCUT2D eigenvalue weighted by Crippen LogP contribution is 2.34. The van der Waals surface area contributed by atoms with Crippen molar-refractivity contribution >= 4 is 39.2 Å². The molecule has 216 valence electrons. The highest BCUT2D eigenvalue weighted by Gasteiger charge is 2.35. The number of halogens is 3. The molecule has 0 bridgehead atoms. The van der Waals surface area contributed by atoms with Crippen LogP contribution in [0.1, 0.15) is 35.3 Å². The van der Waals surface area contributed by atoms with Crippen LogP contribution in [0.5, 0.6) is 0 Å². The monoisotopic (exact) mass is 581 g/mol. The number of nitrogens with one attached hydrogen (secondary N) is 3. The molecule has 1 amide bonds. The lowest BCUT2D eigenvalue weighted by Gasteiger charge is -2.20. The number of benzene rings is 1. The van der Waals surface area contributed by atoms with Gasteiger partial charge in [0.25, 0.3) is 5.91 Å². The van der Waals surface area contributed by atoms with Crippen molar-refractivity contribution in [3.05, 3.63) is 65.5 Å². The fourth-order valence-electron chi connectivity index (χ4n) is 3.51. The number of rotatable bonds is 11. The Morgan fingerprint density at radius 3 is 2.50 bits per heavy atom. The van der Waals surface area contributed by atoms with Crippen LogP contribution in [0.4, 0.5) is 36.4 Å². The molecule has 3 rings (SSSR count). The summed E-state index contributed by atoms with van der Waals surface area (Å²) in [5, 5.41) is 17.6. The molecule has 15 heteroatoms. The van der Waals surface area contributed by atoms with Crippen molar-refractivity contribution in [2.45, 2.75) is 32.6 Å². The Kier molecular flexibility index (Phi) is 9.52. The molecule has 0 saturated heterocycles. The third kappa shape index (κ3) is 7.79. The number of amides is 1. The molecule has 1 unspecified atom stereocenters. The number of aliphatic hydroxyl groups excluding tert-OH is 1. The summed E-state index contributed by atoms with van der Waals surface area (Å²) in [6.45, 7) is 3.25. The van der Waals surface area contributed by atoms with Crippen molar-refractivity contribution in [3.63, 3.8) is 0 Å². The normalized spacial score (nSPS) is 12.6. The van der Waals surface area contributed by atoms with Gasteiger partial charge in [-0.2, -0.15) is 18.2 Å². The smallest absolute Gasteiger partial charge is 0.394 e. The lowest BCUT2D eigenvalue weighted by atomic mass is 10.0. The standard InChI is InChI=1S/C25H30F3N7O4S/c1-15(2)20(14-36)33-23(37)16-7-5-9-18(11-16)32-24-31-13-19(25(26,27)28)21(34-24)30-12-17-8-6-10-29-22(17)35(3)40(4,38)39/h5-11,13,15,20,36H,12,14H2,1-4H3,(H,33,37)(H2,30,31,32,34). The number of pyridine rings is 1. The summed E-state index contributed by atoms with van der Waals surface area (Å²) in [6, 6.07) is 8.79. The third-order valence-corrected chi connectivity index (χ3v) is 7.07. The minimum Gasteiger partial charge on any atom is -0.394 e. The Morgan fingerprint density at radius 1 is 1.15 bits per heavy atom. The van der Waals surface area contributed by atoms with Gasteiger partial charge >= 0.3 is 6.18 Å². The molecule has 0 saturated carbocycles. The van der Waals surface area contributed by atoms with Crippen LogP contribution >= 0.6 is 0 Å². The molecule has 0 aliphatic carbocycles. The first kappa shape index (κ1) is 30.6. The summed E-state index contributed by atoms with van der Waals surface area (Å²) >= 11 is 0. The van der Waals surface area contributed by atoms with Gasteiger partial charge in [0.1, 0.15) is 17.2 Å². The fraction of sp³-hybridized carbons (Fsp3) is 0.360. The van der Waals surface area contributed by atoms with E-state index >= 15 is 0 Å². The number of aromatic nitrogens is 3. The molecular formula is C25H30F3N7O4S. The zero-order valence-electron chi connectivity index (χ0n) is 22.2. The second kappa shape index (κ2) is 12.5. The molecule has 0 radical (unpaired) electrons. The summed E-state index contributed by atoms with van der Waals surface area (Å²) in [6.07, 6.45) is -1.80. The minimum absolute atomic E-state index is 0.00348. The molecule has 3 aromatic rings. The first-order valence-electron chi connectivity index (χ1n) is 12.1. The summed E-state index contributed by atoms with van der Waals surface area (Å²) in [5.74, 6) is -1.11. The van der Waals surface area contributed by atoms with Gasteiger partial charge in [-0.1, -0.05) is 26.0 Å². The van der Waals surface area contributed by atoms with Gasteiger partial charge in [0.2, 0.25) is 16.0 Å². The molecule has 11 nitrogen and oxygen atoms in total. The van der Waals surface area contributed by atoms with Crippen molar-refractivity contribution in [1.29, 1.82) is 0 Å². The van der Waals surface area contributed by atoms with E-state index in [4.69, 9.17) is 0 Å². The molecule has 0 fully saturated rings. The van der Waals surface area contributed by atoms with Gasteiger partial charge in [-0.3, -0.25) is 9.10 Å². The van der Waals surface area contributed by atoms with Crippen LogP contribution < -0.4 is 20.3 Å². The highest BCUT2D eigenvalue weighted by molar-refractivity contribution is 7.92. The number of anilines is 4. The predicted octanol–water partition coefficient (Wildman–Crippen LogP) is 3.39. The van der Waals surface area contributed by atoms with Crippen molar-refractivity contribution in [1.82, 2.24) is 20.3 Å². The highest BCUT2D eigenvalue weighted by atomic mass is 32.2. The van der Waals surface area contributed by atoms with E-state index in [2.05, 4.69) is 30.9 Å². The number of carbonyl (C=O) groups is 1. The van der Waals surface area contributed by atoms with Gasteiger partial charge in [0, 0.05) is 42.8 Å². The van der Waals surface area contributed by atoms with Gasteiger partial charge in [-0.15, -0.1) is 0 Å².